The highest BCUT2D eigenvalue weighted by molar-refractivity contribution is 5.70. The number of carbonyl (C=O) groups excluding carboxylic acids is 3. The molecule has 0 bridgehead atoms. The first-order valence-electron chi connectivity index (χ1n) is 23.2. The number of allylic oxidation sites excluding steroid dienone is 2. The molecule has 55 heavy (non-hydrogen) atoms. The fourth-order valence-corrected chi connectivity index (χ4v) is 7.01. The van der Waals surface area contributed by atoms with Gasteiger partial charge in [0.25, 0.3) is 0 Å². The van der Waals surface area contributed by atoms with Crippen molar-refractivity contribution in [3.63, 3.8) is 0 Å². The molecule has 324 valence electrons. The van der Waals surface area contributed by atoms with Crippen LogP contribution >= 0.6 is 0 Å². The van der Waals surface area contributed by atoms with Gasteiger partial charge in [0.1, 0.15) is 12.6 Å². The highest BCUT2D eigenvalue weighted by Crippen LogP contribution is 2.15. The second-order valence-electron chi connectivity index (χ2n) is 17.0. The van der Waals surface area contributed by atoms with Crippen molar-refractivity contribution in [3.05, 3.63) is 12.2 Å². The topological polar surface area (TPSA) is 102 Å². The summed E-state index contributed by atoms with van der Waals surface area (Å²) in [5, 5.41) is 11.6. The fraction of sp³-hybridized carbons (Fsp3) is 0.894. The van der Waals surface area contributed by atoms with E-state index in [2.05, 4.69) is 26.0 Å². The van der Waals surface area contributed by atoms with Crippen molar-refractivity contribution < 1.29 is 38.2 Å². The molecule has 2 atom stereocenters. The Morgan fingerprint density at radius 1 is 0.527 bits per heavy atom. The summed E-state index contributed by atoms with van der Waals surface area (Å²) in [6.45, 7) is 4.68. The SMILES string of the molecule is CCCCCCCC/C=C\CCCCCCCCCC(=O)OC(COCCC(C(=O)[O-])[N+](C)(C)C)COC(=O)CCCCCCCCCCCCCCCC. The average molecular weight is 780 g/mol. The molecule has 0 aromatic carbocycles. The second kappa shape index (κ2) is 38.9. The number of unbranched alkanes of at least 4 members (excludes halogenated alkanes) is 26. The van der Waals surface area contributed by atoms with Crippen molar-refractivity contribution in [2.75, 3.05) is 41.0 Å². The fourth-order valence-electron chi connectivity index (χ4n) is 7.01. The molecule has 0 amide bonds. The standard InChI is InChI=1S/C47H89NO7/c1-6-8-10-12-14-16-18-20-22-23-24-26-28-30-32-34-36-38-46(50)55-43(41-53-40-39-44(47(51)52)48(3,4)5)42-54-45(49)37-35-33-31-29-27-25-21-19-17-15-13-11-9-7-2/h20,22,43-44H,6-19,21,23-42H2,1-5H3/b22-20-. The van der Waals surface area contributed by atoms with E-state index in [9.17, 15) is 19.5 Å². The van der Waals surface area contributed by atoms with Gasteiger partial charge in [-0.1, -0.05) is 174 Å². The van der Waals surface area contributed by atoms with E-state index in [0.29, 0.717) is 12.8 Å². The van der Waals surface area contributed by atoms with E-state index in [0.717, 1.165) is 38.5 Å². The zero-order chi connectivity index (χ0) is 40.7. The first-order valence-corrected chi connectivity index (χ1v) is 23.2. The highest BCUT2D eigenvalue weighted by atomic mass is 16.6. The number of aliphatic carboxylic acids is 1. The van der Waals surface area contributed by atoms with Crippen LogP contribution in [0.3, 0.4) is 0 Å². The van der Waals surface area contributed by atoms with Crippen molar-refractivity contribution in [2.24, 2.45) is 0 Å². The monoisotopic (exact) mass is 780 g/mol. The summed E-state index contributed by atoms with van der Waals surface area (Å²) in [6, 6.07) is -0.722. The molecular weight excluding hydrogens is 691 g/mol. The maximum absolute atomic E-state index is 12.7. The maximum Gasteiger partial charge on any atom is 0.306 e. The minimum Gasteiger partial charge on any atom is -0.544 e. The third-order valence-corrected chi connectivity index (χ3v) is 10.7. The molecule has 0 spiro atoms. The third-order valence-electron chi connectivity index (χ3n) is 10.7. The lowest BCUT2D eigenvalue weighted by molar-refractivity contribution is -0.889. The zero-order valence-corrected chi connectivity index (χ0v) is 36.9. The van der Waals surface area contributed by atoms with E-state index in [1.54, 1.807) is 21.1 Å². The normalized spacial score (nSPS) is 13.0. The molecule has 0 aliphatic carbocycles. The molecule has 0 saturated carbocycles. The van der Waals surface area contributed by atoms with Crippen molar-refractivity contribution in [2.45, 2.75) is 231 Å². The molecule has 0 radical (unpaired) electrons. The summed E-state index contributed by atoms with van der Waals surface area (Å²) in [5.74, 6) is -1.72. The van der Waals surface area contributed by atoms with E-state index < -0.39 is 18.1 Å². The van der Waals surface area contributed by atoms with Gasteiger partial charge < -0.3 is 28.6 Å². The van der Waals surface area contributed by atoms with Crippen molar-refractivity contribution in [1.29, 1.82) is 0 Å². The van der Waals surface area contributed by atoms with Crippen LogP contribution in [0.15, 0.2) is 12.2 Å². The van der Waals surface area contributed by atoms with E-state index in [-0.39, 0.29) is 42.7 Å². The second-order valence-corrected chi connectivity index (χ2v) is 17.0. The Hall–Kier alpha value is -1.93. The molecule has 0 heterocycles. The molecule has 0 aromatic rings. The van der Waals surface area contributed by atoms with E-state index in [1.165, 1.54) is 148 Å². The Bertz CT molecular complexity index is 915. The molecule has 8 nitrogen and oxygen atoms in total. The summed E-state index contributed by atoms with van der Waals surface area (Å²) in [4.78, 5) is 36.9. The lowest BCUT2D eigenvalue weighted by atomic mass is 10.0. The number of carboxylic acids is 1. The number of rotatable bonds is 42. The number of carbonyl (C=O) groups is 3. The van der Waals surface area contributed by atoms with E-state index in [4.69, 9.17) is 14.2 Å². The van der Waals surface area contributed by atoms with Crippen LogP contribution in [-0.2, 0) is 28.6 Å². The Labute approximate surface area is 339 Å². The molecule has 0 N–H and O–H groups in total. The summed E-state index contributed by atoms with van der Waals surface area (Å²) >= 11 is 0. The lowest BCUT2D eigenvalue weighted by Gasteiger charge is -2.34. The van der Waals surface area contributed by atoms with Gasteiger partial charge in [0.2, 0.25) is 0 Å². The smallest absolute Gasteiger partial charge is 0.306 e. The van der Waals surface area contributed by atoms with Crippen LogP contribution < -0.4 is 5.11 Å². The zero-order valence-electron chi connectivity index (χ0n) is 36.9. The van der Waals surface area contributed by atoms with Crippen molar-refractivity contribution in [1.82, 2.24) is 0 Å². The molecule has 2 unspecified atom stereocenters. The van der Waals surface area contributed by atoms with Gasteiger partial charge >= 0.3 is 11.9 Å². The highest BCUT2D eigenvalue weighted by Gasteiger charge is 2.25. The number of carboxylic acid groups (broad SMARTS) is 1. The number of hydrogen-bond acceptors (Lipinski definition) is 7. The number of nitrogens with zero attached hydrogens (tertiary/aromatic N) is 1. The largest absolute Gasteiger partial charge is 0.544 e. The number of hydrogen-bond donors (Lipinski definition) is 0. The quantitative estimate of drug-likeness (QED) is 0.0263. The Balaban J connectivity index is 4.29. The molecule has 8 heteroatoms. The van der Waals surface area contributed by atoms with Crippen LogP contribution in [0.5, 0.6) is 0 Å². The molecule has 0 saturated heterocycles. The molecule has 0 rings (SSSR count). The van der Waals surface area contributed by atoms with Gasteiger partial charge in [-0.3, -0.25) is 9.59 Å². The summed E-state index contributed by atoms with van der Waals surface area (Å²) in [7, 11) is 5.42. The first kappa shape index (κ1) is 53.1. The van der Waals surface area contributed by atoms with Gasteiger partial charge in [-0.05, 0) is 38.5 Å². The van der Waals surface area contributed by atoms with Gasteiger partial charge in [-0.2, -0.15) is 0 Å². The molecule has 0 aromatic heterocycles. The van der Waals surface area contributed by atoms with Crippen LogP contribution in [0.25, 0.3) is 0 Å². The average Bonchev–Trinajstić information content (AvgIpc) is 3.14. The van der Waals surface area contributed by atoms with Gasteiger partial charge in [-0.25, -0.2) is 0 Å². The predicted octanol–water partition coefficient (Wildman–Crippen LogP) is 11.4. The van der Waals surface area contributed by atoms with E-state index in [1.807, 2.05) is 0 Å². The predicted molar refractivity (Wildman–Crippen MR) is 227 cm³/mol. The first-order chi connectivity index (χ1) is 26.6. The van der Waals surface area contributed by atoms with Crippen LogP contribution in [-0.4, -0.2) is 75.5 Å². The summed E-state index contributed by atoms with van der Waals surface area (Å²) in [6.07, 6.45) is 40.8. The summed E-state index contributed by atoms with van der Waals surface area (Å²) in [5.41, 5.74) is 0. The van der Waals surface area contributed by atoms with Crippen LogP contribution in [0.4, 0.5) is 0 Å². The lowest BCUT2D eigenvalue weighted by Crippen LogP contribution is -2.55. The minimum absolute atomic E-state index is 0.0447. The molecular formula is C47H89NO7. The van der Waals surface area contributed by atoms with Crippen molar-refractivity contribution in [3.8, 4) is 0 Å². The van der Waals surface area contributed by atoms with Crippen molar-refractivity contribution >= 4 is 17.9 Å². The Morgan fingerprint density at radius 2 is 0.909 bits per heavy atom. The van der Waals surface area contributed by atoms with Crippen LogP contribution in [0.2, 0.25) is 0 Å². The van der Waals surface area contributed by atoms with Crippen LogP contribution in [0, 0.1) is 0 Å². The third kappa shape index (κ3) is 37.4. The van der Waals surface area contributed by atoms with Gasteiger partial charge in [0.05, 0.1) is 40.3 Å². The number of ether oxygens (including phenoxy) is 3. The Kier molecular flexibility index (Phi) is 37.6. The molecule has 0 aliphatic heterocycles. The molecule has 0 fully saturated rings. The molecule has 0 aliphatic rings. The number of quaternary nitrogens is 1. The van der Waals surface area contributed by atoms with Gasteiger partial charge in [-0.15, -0.1) is 0 Å². The number of likely N-dealkylation sites (N-methyl/N-ethyl adjacent to an activating group) is 1. The maximum atomic E-state index is 12.7. The van der Waals surface area contributed by atoms with Gasteiger partial charge in [0.15, 0.2) is 6.10 Å². The summed E-state index contributed by atoms with van der Waals surface area (Å²) < 4.78 is 17.2. The Morgan fingerprint density at radius 3 is 1.31 bits per heavy atom. The van der Waals surface area contributed by atoms with Gasteiger partial charge in [0, 0.05) is 19.3 Å². The van der Waals surface area contributed by atoms with E-state index >= 15 is 0 Å². The van der Waals surface area contributed by atoms with Crippen LogP contribution in [0.1, 0.15) is 219 Å². The minimum atomic E-state index is -1.12. The number of esters is 2.